The molecule has 0 aromatic heterocycles. The van der Waals surface area contributed by atoms with Crippen molar-refractivity contribution < 1.29 is 29.3 Å². The van der Waals surface area contributed by atoms with Crippen molar-refractivity contribution in [2.24, 2.45) is 0 Å². The zero-order chi connectivity index (χ0) is 51.4. The normalized spacial score (nSPS) is 12.5. The lowest BCUT2D eigenvalue weighted by Gasteiger charge is -2.33. The van der Waals surface area contributed by atoms with Crippen molar-refractivity contribution in [3.63, 3.8) is 0 Å². The van der Waals surface area contributed by atoms with Crippen LogP contribution in [0.25, 0.3) is 0 Å². The van der Waals surface area contributed by atoms with E-state index >= 15 is 0 Å². The number of hydrogen-bond donors (Lipinski definition) is 2. The van der Waals surface area contributed by atoms with E-state index in [0.29, 0.717) is 49.1 Å². The number of thioether (sulfide) groups is 1. The molecule has 0 amide bonds. The minimum Gasteiger partial charge on any atom is -0.507 e. The highest BCUT2D eigenvalue weighted by Gasteiger charge is 2.33. The molecule has 2 aromatic carbocycles. The van der Waals surface area contributed by atoms with E-state index in [0.717, 1.165) is 84.7 Å². The van der Waals surface area contributed by atoms with Crippen LogP contribution in [-0.4, -0.2) is 46.9 Å². The molecule has 0 fully saturated rings. The standard InChI is InChI=1S/C62H106O6S/c1-13-17-21-25-29-37-59(5,6)51-45-49(46-52(57(51)65)60(7,8)38-30-26-22-18-14-2)33-35-55(63)67-41-43-69-44-42-68-56(64)36-34-50-47-53(61(9,10)39-31-27-23-19-15-3)58(66)54(48-50)62(11,12)40-32-28-24-20-16-4/h45-48,65-66H,13-44H2,1-12H3. The molecule has 0 heterocycles. The molecule has 0 saturated carbocycles. The zero-order valence-electron chi connectivity index (χ0n) is 46.9. The predicted octanol–water partition coefficient (Wildman–Crippen LogP) is 18.0. The minimum atomic E-state index is -0.213. The quantitative estimate of drug-likeness (QED) is 0.0507. The third-order valence-corrected chi connectivity index (χ3v) is 16.0. The third-order valence-electron chi connectivity index (χ3n) is 15.1. The Balaban J connectivity index is 1.98. The summed E-state index contributed by atoms with van der Waals surface area (Å²) in [7, 11) is 0. The molecular weight excluding hydrogens is 873 g/mol. The lowest BCUT2D eigenvalue weighted by molar-refractivity contribution is -0.143. The van der Waals surface area contributed by atoms with Gasteiger partial charge in [0, 0.05) is 46.6 Å². The van der Waals surface area contributed by atoms with Crippen molar-refractivity contribution in [1.82, 2.24) is 0 Å². The van der Waals surface area contributed by atoms with E-state index in [9.17, 15) is 19.8 Å². The molecule has 0 bridgehead atoms. The first-order valence-corrected chi connectivity index (χ1v) is 29.5. The maximum atomic E-state index is 13.0. The summed E-state index contributed by atoms with van der Waals surface area (Å²) in [5, 5.41) is 23.8. The first-order valence-electron chi connectivity index (χ1n) is 28.4. The van der Waals surface area contributed by atoms with E-state index in [1.165, 1.54) is 103 Å². The van der Waals surface area contributed by atoms with Crippen LogP contribution >= 0.6 is 11.8 Å². The maximum Gasteiger partial charge on any atom is 0.306 e. The molecule has 0 atom stereocenters. The van der Waals surface area contributed by atoms with Crippen LogP contribution in [0.5, 0.6) is 11.5 Å². The van der Waals surface area contributed by atoms with Gasteiger partial charge in [-0.3, -0.25) is 9.59 Å². The van der Waals surface area contributed by atoms with Gasteiger partial charge in [-0.05, 0) is 71.3 Å². The summed E-state index contributed by atoms with van der Waals surface area (Å²) in [6, 6.07) is 8.62. The van der Waals surface area contributed by atoms with Crippen molar-refractivity contribution in [2.45, 2.75) is 285 Å². The van der Waals surface area contributed by atoms with Crippen LogP contribution in [0.15, 0.2) is 24.3 Å². The van der Waals surface area contributed by atoms with Gasteiger partial charge in [0.2, 0.25) is 0 Å². The highest BCUT2D eigenvalue weighted by molar-refractivity contribution is 7.99. The van der Waals surface area contributed by atoms with E-state index < -0.39 is 0 Å². The molecular formula is C62H106O6S. The van der Waals surface area contributed by atoms with Crippen LogP contribution < -0.4 is 0 Å². The van der Waals surface area contributed by atoms with Crippen LogP contribution in [0.1, 0.15) is 283 Å². The Labute approximate surface area is 429 Å². The largest absolute Gasteiger partial charge is 0.507 e. The fourth-order valence-corrected chi connectivity index (χ4v) is 10.7. The molecule has 7 heteroatoms. The summed E-state index contributed by atoms with van der Waals surface area (Å²) in [6.07, 6.45) is 30.2. The van der Waals surface area contributed by atoms with E-state index in [1.807, 2.05) is 0 Å². The molecule has 6 nitrogen and oxygen atoms in total. The first kappa shape index (κ1) is 62.4. The number of phenols is 2. The smallest absolute Gasteiger partial charge is 0.306 e. The monoisotopic (exact) mass is 979 g/mol. The molecule has 396 valence electrons. The second-order valence-corrected chi connectivity index (χ2v) is 24.5. The molecule has 69 heavy (non-hydrogen) atoms. The number of phenolic OH excluding ortho intramolecular Hbond substituents is 2. The SMILES string of the molecule is CCCCCCCC(C)(C)c1cc(CCC(=O)OCCSCCOC(=O)CCc2cc(C(C)(C)CCCCCCC)c(O)c(C(C)(C)CCCCCCC)c2)cc(C(C)(C)CCCCCCC)c1O. The lowest BCUT2D eigenvalue weighted by atomic mass is 9.73. The molecule has 2 N–H and O–H groups in total. The number of aromatic hydroxyl groups is 2. The Bertz CT molecular complexity index is 1520. The maximum absolute atomic E-state index is 13.0. The Morgan fingerprint density at radius 1 is 0.420 bits per heavy atom. The fourth-order valence-electron chi connectivity index (χ4n) is 10.1. The highest BCUT2D eigenvalue weighted by Crippen LogP contribution is 2.46. The lowest BCUT2D eigenvalue weighted by Crippen LogP contribution is -2.23. The predicted molar refractivity (Wildman–Crippen MR) is 298 cm³/mol. The van der Waals surface area contributed by atoms with Crippen LogP contribution in [0.3, 0.4) is 0 Å². The molecule has 0 spiro atoms. The van der Waals surface area contributed by atoms with Gasteiger partial charge in [0.25, 0.3) is 0 Å². The Morgan fingerprint density at radius 3 is 0.913 bits per heavy atom. The summed E-state index contributed by atoms with van der Waals surface area (Å²) >= 11 is 1.62. The van der Waals surface area contributed by atoms with Gasteiger partial charge < -0.3 is 19.7 Å². The van der Waals surface area contributed by atoms with E-state index in [-0.39, 0.29) is 46.4 Å². The van der Waals surface area contributed by atoms with Crippen molar-refractivity contribution in [1.29, 1.82) is 0 Å². The molecule has 0 unspecified atom stereocenters. The number of ether oxygens (including phenoxy) is 2. The summed E-state index contributed by atoms with van der Waals surface area (Å²) in [6.45, 7) is 27.7. The summed E-state index contributed by atoms with van der Waals surface area (Å²) in [5.41, 5.74) is 5.47. The average Bonchev–Trinajstić information content (AvgIpc) is 3.29. The van der Waals surface area contributed by atoms with Crippen molar-refractivity contribution in [3.05, 3.63) is 57.6 Å². The number of esters is 2. The molecule has 0 aliphatic rings. The zero-order valence-corrected chi connectivity index (χ0v) is 47.7. The molecule has 2 aromatic rings. The molecule has 0 aliphatic carbocycles. The summed E-state index contributed by atoms with van der Waals surface area (Å²) in [4.78, 5) is 26.1. The van der Waals surface area contributed by atoms with Gasteiger partial charge >= 0.3 is 11.9 Å². The second-order valence-electron chi connectivity index (χ2n) is 23.3. The Hall–Kier alpha value is -2.67. The minimum absolute atomic E-state index is 0.181. The number of rotatable bonds is 40. The molecule has 2 rings (SSSR count). The Kier molecular flexibility index (Phi) is 30.0. The van der Waals surface area contributed by atoms with Gasteiger partial charge in [0.05, 0.1) is 0 Å². The van der Waals surface area contributed by atoms with Crippen molar-refractivity contribution in [3.8, 4) is 11.5 Å². The van der Waals surface area contributed by atoms with Gasteiger partial charge in [-0.25, -0.2) is 0 Å². The number of hydrogen-bond acceptors (Lipinski definition) is 7. The number of benzene rings is 2. The van der Waals surface area contributed by atoms with Crippen LogP contribution in [0.4, 0.5) is 0 Å². The van der Waals surface area contributed by atoms with Gasteiger partial charge in [-0.15, -0.1) is 0 Å². The van der Waals surface area contributed by atoms with Crippen molar-refractivity contribution >= 4 is 23.7 Å². The van der Waals surface area contributed by atoms with E-state index in [1.54, 1.807) is 11.8 Å². The van der Waals surface area contributed by atoms with E-state index in [2.05, 4.69) is 107 Å². The van der Waals surface area contributed by atoms with E-state index in [4.69, 9.17) is 9.47 Å². The van der Waals surface area contributed by atoms with Crippen LogP contribution in [0.2, 0.25) is 0 Å². The van der Waals surface area contributed by atoms with Crippen molar-refractivity contribution in [2.75, 3.05) is 24.7 Å². The van der Waals surface area contributed by atoms with Gasteiger partial charge in [-0.2, -0.15) is 11.8 Å². The van der Waals surface area contributed by atoms with Crippen LogP contribution in [-0.2, 0) is 53.6 Å². The van der Waals surface area contributed by atoms with Gasteiger partial charge in [-0.1, -0.05) is 236 Å². The fraction of sp³-hybridized carbons (Fsp3) is 0.774. The van der Waals surface area contributed by atoms with Gasteiger partial charge in [0.15, 0.2) is 0 Å². The van der Waals surface area contributed by atoms with Crippen LogP contribution in [0, 0.1) is 0 Å². The molecule has 0 radical (unpaired) electrons. The Morgan fingerprint density at radius 2 is 0.667 bits per heavy atom. The topological polar surface area (TPSA) is 93.1 Å². The van der Waals surface area contributed by atoms with Gasteiger partial charge in [0.1, 0.15) is 24.7 Å². The second kappa shape index (κ2) is 33.1. The number of carbonyl (C=O) groups excluding carboxylic acids is 2. The number of unbranched alkanes of at least 4 members (excludes halogenated alkanes) is 16. The summed E-state index contributed by atoms with van der Waals surface area (Å²) < 4.78 is 11.4. The summed E-state index contributed by atoms with van der Waals surface area (Å²) in [5.74, 6) is 1.72. The molecule has 0 saturated heterocycles. The number of aryl methyl sites for hydroxylation is 2. The first-order chi connectivity index (χ1) is 32.8. The average molecular weight is 980 g/mol. The number of carbonyl (C=O) groups is 2. The molecule has 0 aliphatic heterocycles. The highest BCUT2D eigenvalue weighted by atomic mass is 32.2. The third kappa shape index (κ3) is 23.6.